The van der Waals surface area contributed by atoms with Crippen molar-refractivity contribution in [2.45, 2.75) is 39.4 Å². The van der Waals surface area contributed by atoms with E-state index in [2.05, 4.69) is 10.3 Å². The second-order valence-electron chi connectivity index (χ2n) is 4.90. The molecule has 2 heterocycles. The number of piperidine rings is 1. The van der Waals surface area contributed by atoms with Crippen LogP contribution >= 0.6 is 0 Å². The third-order valence-electron chi connectivity index (χ3n) is 3.47. The van der Waals surface area contributed by atoms with Crippen molar-refractivity contribution < 1.29 is 9.66 Å². The van der Waals surface area contributed by atoms with Gasteiger partial charge in [-0.1, -0.05) is 0 Å². The van der Waals surface area contributed by atoms with Crippen LogP contribution in [0.1, 0.15) is 29.7 Å². The lowest BCUT2D eigenvalue weighted by molar-refractivity contribution is -0.386. The third kappa shape index (κ3) is 3.27. The van der Waals surface area contributed by atoms with Crippen LogP contribution in [0.2, 0.25) is 0 Å². The van der Waals surface area contributed by atoms with E-state index in [1.165, 1.54) is 0 Å². The molecule has 0 bridgehead atoms. The van der Waals surface area contributed by atoms with Crippen LogP contribution in [0.5, 0.6) is 0 Å². The van der Waals surface area contributed by atoms with Gasteiger partial charge < -0.3 is 10.1 Å². The molecule has 0 spiro atoms. The maximum atomic E-state index is 11.0. The summed E-state index contributed by atoms with van der Waals surface area (Å²) in [7, 11) is 0. The van der Waals surface area contributed by atoms with E-state index in [4.69, 9.17) is 4.74 Å². The van der Waals surface area contributed by atoms with Crippen LogP contribution in [0.25, 0.3) is 0 Å². The summed E-state index contributed by atoms with van der Waals surface area (Å²) in [4.78, 5) is 14.9. The van der Waals surface area contributed by atoms with Crippen molar-refractivity contribution in [2.24, 2.45) is 0 Å². The van der Waals surface area contributed by atoms with Crippen molar-refractivity contribution in [3.8, 4) is 0 Å². The predicted molar refractivity (Wildman–Crippen MR) is 71.0 cm³/mol. The molecule has 0 radical (unpaired) electrons. The van der Waals surface area contributed by atoms with E-state index in [-0.39, 0.29) is 16.7 Å². The minimum Gasteiger partial charge on any atom is -0.371 e. The highest BCUT2D eigenvalue weighted by molar-refractivity contribution is 5.47. The van der Waals surface area contributed by atoms with Crippen molar-refractivity contribution in [1.82, 2.24) is 10.3 Å². The highest BCUT2D eigenvalue weighted by atomic mass is 16.6. The van der Waals surface area contributed by atoms with E-state index in [1.54, 1.807) is 20.0 Å². The SMILES string of the molecule is Cc1cnc(COC2CCCNC2)c(C)c1[N+](=O)[O-]. The Labute approximate surface area is 112 Å². The van der Waals surface area contributed by atoms with Gasteiger partial charge in [-0.2, -0.15) is 0 Å². The van der Waals surface area contributed by atoms with Crippen LogP contribution in [0, 0.1) is 24.0 Å². The molecule has 19 heavy (non-hydrogen) atoms. The molecule has 1 fully saturated rings. The van der Waals surface area contributed by atoms with E-state index < -0.39 is 0 Å². The van der Waals surface area contributed by atoms with Crippen molar-refractivity contribution in [3.63, 3.8) is 0 Å². The zero-order valence-electron chi connectivity index (χ0n) is 11.3. The summed E-state index contributed by atoms with van der Waals surface area (Å²) < 4.78 is 5.78. The molecule has 2 rings (SSSR count). The maximum absolute atomic E-state index is 11.0. The molecular formula is C13H19N3O3. The fraction of sp³-hybridized carbons (Fsp3) is 0.615. The quantitative estimate of drug-likeness (QED) is 0.664. The number of ether oxygens (including phenoxy) is 1. The average molecular weight is 265 g/mol. The summed E-state index contributed by atoms with van der Waals surface area (Å²) in [5.74, 6) is 0. The Morgan fingerprint density at radius 2 is 2.37 bits per heavy atom. The molecule has 1 aromatic rings. The van der Waals surface area contributed by atoms with Crippen LogP contribution in [0.3, 0.4) is 0 Å². The van der Waals surface area contributed by atoms with Gasteiger partial charge in [0.1, 0.15) is 0 Å². The maximum Gasteiger partial charge on any atom is 0.278 e. The summed E-state index contributed by atoms with van der Waals surface area (Å²) in [6, 6.07) is 0. The molecule has 104 valence electrons. The summed E-state index contributed by atoms with van der Waals surface area (Å²) in [5.41, 5.74) is 2.00. The van der Waals surface area contributed by atoms with Crippen LogP contribution in [0.15, 0.2) is 6.20 Å². The van der Waals surface area contributed by atoms with Crippen LogP contribution in [0.4, 0.5) is 5.69 Å². The minimum atomic E-state index is -0.349. The van der Waals surface area contributed by atoms with Gasteiger partial charge in [-0.25, -0.2) is 0 Å². The first-order chi connectivity index (χ1) is 9.09. The molecule has 1 saturated heterocycles. The van der Waals surface area contributed by atoms with Crippen molar-refractivity contribution >= 4 is 5.69 Å². The zero-order chi connectivity index (χ0) is 13.8. The first kappa shape index (κ1) is 13.9. The second-order valence-corrected chi connectivity index (χ2v) is 4.90. The number of aromatic nitrogens is 1. The molecule has 6 heteroatoms. The molecule has 1 aromatic heterocycles. The standard InChI is InChI=1S/C13H19N3O3/c1-9-6-15-12(10(2)13(9)16(17)18)8-19-11-4-3-5-14-7-11/h6,11,14H,3-5,7-8H2,1-2H3. The van der Waals surface area contributed by atoms with Crippen LogP contribution in [-0.4, -0.2) is 29.1 Å². The number of nitrogens with zero attached hydrogens (tertiary/aromatic N) is 2. The molecule has 1 aliphatic heterocycles. The Balaban J connectivity index is 2.08. The first-order valence-corrected chi connectivity index (χ1v) is 6.51. The lowest BCUT2D eigenvalue weighted by Crippen LogP contribution is -2.35. The van der Waals surface area contributed by atoms with E-state index >= 15 is 0 Å². The summed E-state index contributed by atoms with van der Waals surface area (Å²) in [6.07, 6.45) is 3.85. The Morgan fingerprint density at radius 3 is 3.00 bits per heavy atom. The molecule has 1 N–H and O–H groups in total. The first-order valence-electron chi connectivity index (χ1n) is 6.51. The molecule has 6 nitrogen and oxygen atoms in total. The fourth-order valence-corrected chi connectivity index (χ4v) is 2.35. The lowest BCUT2D eigenvalue weighted by atomic mass is 10.1. The van der Waals surface area contributed by atoms with Gasteiger partial charge >= 0.3 is 0 Å². The average Bonchev–Trinajstić information content (AvgIpc) is 2.38. The van der Waals surface area contributed by atoms with Gasteiger partial charge in [0.25, 0.3) is 5.69 Å². The zero-order valence-corrected chi connectivity index (χ0v) is 11.3. The number of rotatable bonds is 4. The topological polar surface area (TPSA) is 77.3 Å². The van der Waals surface area contributed by atoms with Crippen molar-refractivity contribution in [2.75, 3.05) is 13.1 Å². The number of aryl methyl sites for hydroxylation is 1. The summed E-state index contributed by atoms with van der Waals surface area (Å²) in [5, 5.41) is 14.3. The number of hydrogen-bond donors (Lipinski definition) is 1. The number of pyridine rings is 1. The molecule has 0 aromatic carbocycles. The van der Waals surface area contributed by atoms with Crippen LogP contribution < -0.4 is 5.32 Å². The molecule has 0 aliphatic carbocycles. The molecule has 1 unspecified atom stereocenters. The Kier molecular flexibility index (Phi) is 4.44. The molecule has 1 aliphatic rings. The lowest BCUT2D eigenvalue weighted by Gasteiger charge is -2.23. The van der Waals surface area contributed by atoms with E-state index in [9.17, 15) is 10.1 Å². The Bertz CT molecular complexity index is 470. The van der Waals surface area contributed by atoms with Gasteiger partial charge in [0, 0.05) is 18.3 Å². The highest BCUT2D eigenvalue weighted by Gasteiger charge is 2.20. The smallest absolute Gasteiger partial charge is 0.278 e. The molecule has 0 saturated carbocycles. The van der Waals surface area contributed by atoms with Gasteiger partial charge in [-0.05, 0) is 33.2 Å². The van der Waals surface area contributed by atoms with Gasteiger partial charge in [-0.15, -0.1) is 0 Å². The van der Waals surface area contributed by atoms with Gasteiger partial charge in [0.05, 0.1) is 28.9 Å². The monoisotopic (exact) mass is 265 g/mol. The highest BCUT2D eigenvalue weighted by Crippen LogP contribution is 2.24. The van der Waals surface area contributed by atoms with Crippen molar-refractivity contribution in [3.05, 3.63) is 33.1 Å². The predicted octanol–water partition coefficient (Wildman–Crippen LogP) is 1.88. The fourth-order valence-electron chi connectivity index (χ4n) is 2.35. The molecule has 0 amide bonds. The molecule has 1 atom stereocenters. The minimum absolute atomic E-state index is 0.148. The third-order valence-corrected chi connectivity index (χ3v) is 3.47. The van der Waals surface area contributed by atoms with Gasteiger partial charge in [0.15, 0.2) is 0 Å². The van der Waals surface area contributed by atoms with E-state index in [1.807, 2.05) is 0 Å². The molecular weight excluding hydrogens is 246 g/mol. The van der Waals surface area contributed by atoms with Crippen LogP contribution in [-0.2, 0) is 11.3 Å². The Hall–Kier alpha value is -1.53. The largest absolute Gasteiger partial charge is 0.371 e. The summed E-state index contributed by atoms with van der Waals surface area (Å²) >= 11 is 0. The number of nitrogens with one attached hydrogen (secondary N) is 1. The number of nitro groups is 1. The normalized spacial score (nSPS) is 19.4. The summed E-state index contributed by atoms with van der Waals surface area (Å²) in [6.45, 7) is 5.64. The van der Waals surface area contributed by atoms with E-state index in [0.717, 1.165) is 25.9 Å². The van der Waals surface area contributed by atoms with Gasteiger partial charge in [0.2, 0.25) is 0 Å². The second kappa shape index (κ2) is 6.08. The van der Waals surface area contributed by atoms with E-state index in [0.29, 0.717) is 23.4 Å². The Morgan fingerprint density at radius 1 is 1.58 bits per heavy atom. The van der Waals surface area contributed by atoms with Crippen molar-refractivity contribution in [1.29, 1.82) is 0 Å². The number of hydrogen-bond acceptors (Lipinski definition) is 5. The van der Waals surface area contributed by atoms with Gasteiger partial charge in [-0.3, -0.25) is 15.1 Å².